The number of nitrogens with zero attached hydrogens (tertiary/aromatic N) is 2. The van der Waals surface area contributed by atoms with Crippen molar-refractivity contribution in [2.45, 2.75) is 20.1 Å². The molecule has 0 radical (unpaired) electrons. The van der Waals surface area contributed by atoms with E-state index in [1.807, 2.05) is 6.92 Å². The van der Waals surface area contributed by atoms with Crippen LogP contribution in [0.4, 0.5) is 0 Å². The van der Waals surface area contributed by atoms with Crippen LogP contribution in [0.1, 0.15) is 23.2 Å². The van der Waals surface area contributed by atoms with Crippen LogP contribution in [0.15, 0.2) is 6.20 Å². The molecule has 13 heavy (non-hydrogen) atoms. The van der Waals surface area contributed by atoms with Crippen LogP contribution in [-0.4, -0.2) is 27.7 Å². The molecule has 5 heteroatoms. The Kier molecular flexibility index (Phi) is 3.02. The Labute approximate surface area is 76.0 Å². The molecule has 72 valence electrons. The molecule has 0 amide bonds. The number of ether oxygens (including phenoxy) is 1. The van der Waals surface area contributed by atoms with Crippen molar-refractivity contribution in [2.24, 2.45) is 0 Å². The maximum atomic E-state index is 10.7. The number of methoxy groups -OCH3 is 1. The molecule has 0 atom stereocenters. The van der Waals surface area contributed by atoms with Crippen molar-refractivity contribution >= 4 is 5.97 Å². The number of aromatic carboxylic acids is 1. The summed E-state index contributed by atoms with van der Waals surface area (Å²) in [5.74, 6) is -0.946. The molecule has 0 aliphatic heterocycles. The van der Waals surface area contributed by atoms with Crippen molar-refractivity contribution in [1.29, 1.82) is 0 Å². The number of carboxylic acid groups (broad SMARTS) is 1. The van der Waals surface area contributed by atoms with E-state index in [1.165, 1.54) is 0 Å². The summed E-state index contributed by atoms with van der Waals surface area (Å²) >= 11 is 0. The van der Waals surface area contributed by atoms with Crippen molar-refractivity contribution in [1.82, 2.24) is 9.55 Å². The molecule has 1 rings (SSSR count). The third-order valence-corrected chi connectivity index (χ3v) is 1.65. The number of hydrogen-bond donors (Lipinski definition) is 1. The molecule has 1 N–H and O–H groups in total. The topological polar surface area (TPSA) is 64.4 Å². The molecule has 0 aliphatic rings. The zero-order valence-electron chi connectivity index (χ0n) is 7.65. The van der Waals surface area contributed by atoms with Crippen LogP contribution in [0.3, 0.4) is 0 Å². The summed E-state index contributed by atoms with van der Waals surface area (Å²) in [5, 5.41) is 8.75. The third-order valence-electron chi connectivity index (χ3n) is 1.65. The number of rotatable bonds is 4. The van der Waals surface area contributed by atoms with Gasteiger partial charge in [0.2, 0.25) is 5.82 Å². The molecule has 0 aromatic carbocycles. The molecule has 1 aromatic heterocycles. The molecule has 0 saturated heterocycles. The lowest BCUT2D eigenvalue weighted by Crippen LogP contribution is -2.07. The van der Waals surface area contributed by atoms with Gasteiger partial charge < -0.3 is 14.4 Å². The zero-order chi connectivity index (χ0) is 9.84. The van der Waals surface area contributed by atoms with Crippen LogP contribution in [0, 0.1) is 0 Å². The highest BCUT2D eigenvalue weighted by molar-refractivity contribution is 5.83. The fourth-order valence-corrected chi connectivity index (χ4v) is 1.10. The average Bonchev–Trinajstić information content (AvgIpc) is 2.48. The van der Waals surface area contributed by atoms with Gasteiger partial charge >= 0.3 is 5.97 Å². The second-order valence-electron chi connectivity index (χ2n) is 2.58. The number of carbonyl (C=O) groups is 1. The Balaban J connectivity index is 2.97. The monoisotopic (exact) mass is 184 g/mol. The lowest BCUT2D eigenvalue weighted by Gasteiger charge is -1.97. The van der Waals surface area contributed by atoms with Gasteiger partial charge in [-0.3, -0.25) is 0 Å². The number of aromatic nitrogens is 2. The fourth-order valence-electron chi connectivity index (χ4n) is 1.10. The summed E-state index contributed by atoms with van der Waals surface area (Å²) in [6.45, 7) is 2.80. The maximum Gasteiger partial charge on any atom is 0.372 e. The van der Waals surface area contributed by atoms with Crippen LogP contribution < -0.4 is 0 Å². The Morgan fingerprint density at radius 1 is 1.77 bits per heavy atom. The van der Waals surface area contributed by atoms with Crippen molar-refractivity contribution in [3.8, 4) is 0 Å². The summed E-state index contributed by atoms with van der Waals surface area (Å²) in [6, 6.07) is 0. The number of imidazole rings is 1. The van der Waals surface area contributed by atoms with E-state index in [-0.39, 0.29) is 5.82 Å². The van der Waals surface area contributed by atoms with E-state index in [4.69, 9.17) is 9.84 Å². The van der Waals surface area contributed by atoms with E-state index < -0.39 is 5.97 Å². The van der Waals surface area contributed by atoms with Crippen molar-refractivity contribution in [2.75, 3.05) is 7.11 Å². The molecule has 0 bridgehead atoms. The Hall–Kier alpha value is -1.36. The number of carboxylic acids is 1. The first kappa shape index (κ1) is 9.73. The maximum absolute atomic E-state index is 10.7. The van der Waals surface area contributed by atoms with Gasteiger partial charge in [-0.25, -0.2) is 9.78 Å². The highest BCUT2D eigenvalue weighted by atomic mass is 16.5. The first-order chi connectivity index (χ1) is 6.19. The fraction of sp³-hybridized carbons (Fsp3) is 0.500. The molecule has 0 fully saturated rings. The predicted octanol–water partition coefficient (Wildman–Crippen LogP) is 0.748. The first-order valence-corrected chi connectivity index (χ1v) is 3.97. The minimum absolute atomic E-state index is 0.0644. The van der Waals surface area contributed by atoms with Crippen LogP contribution >= 0.6 is 0 Å². The van der Waals surface area contributed by atoms with Gasteiger partial charge in [-0.05, 0) is 6.92 Å². The molecular weight excluding hydrogens is 172 g/mol. The molecule has 0 aliphatic carbocycles. The normalized spacial score (nSPS) is 10.3. The van der Waals surface area contributed by atoms with E-state index >= 15 is 0 Å². The summed E-state index contributed by atoms with van der Waals surface area (Å²) in [6.07, 6.45) is 1.69. The molecular formula is C8H12N2O3. The summed E-state index contributed by atoms with van der Waals surface area (Å²) in [7, 11) is 1.55. The van der Waals surface area contributed by atoms with E-state index in [1.54, 1.807) is 17.9 Å². The summed E-state index contributed by atoms with van der Waals surface area (Å²) < 4.78 is 6.43. The number of hydrogen-bond acceptors (Lipinski definition) is 3. The first-order valence-electron chi connectivity index (χ1n) is 3.97. The van der Waals surface area contributed by atoms with Gasteiger partial charge in [0.25, 0.3) is 0 Å². The van der Waals surface area contributed by atoms with E-state index in [0.717, 1.165) is 0 Å². The van der Waals surface area contributed by atoms with E-state index in [2.05, 4.69) is 4.98 Å². The van der Waals surface area contributed by atoms with Crippen molar-refractivity contribution in [3.05, 3.63) is 17.7 Å². The highest BCUT2D eigenvalue weighted by Gasteiger charge is 2.12. The van der Waals surface area contributed by atoms with Gasteiger partial charge in [0, 0.05) is 19.9 Å². The smallest absolute Gasteiger partial charge is 0.372 e. The van der Waals surface area contributed by atoms with Gasteiger partial charge in [-0.15, -0.1) is 0 Å². The Bertz CT molecular complexity index is 306. The van der Waals surface area contributed by atoms with E-state index in [9.17, 15) is 4.79 Å². The Morgan fingerprint density at radius 3 is 2.85 bits per heavy atom. The quantitative estimate of drug-likeness (QED) is 0.749. The second-order valence-corrected chi connectivity index (χ2v) is 2.58. The van der Waals surface area contributed by atoms with Gasteiger partial charge in [0.15, 0.2) is 0 Å². The van der Waals surface area contributed by atoms with E-state index in [0.29, 0.717) is 18.8 Å². The molecule has 0 unspecified atom stereocenters. The third kappa shape index (κ3) is 2.06. The van der Waals surface area contributed by atoms with Gasteiger partial charge in [0.05, 0.1) is 12.3 Å². The second kappa shape index (κ2) is 4.04. The molecule has 1 aromatic rings. The highest BCUT2D eigenvalue weighted by Crippen LogP contribution is 2.04. The van der Waals surface area contributed by atoms with Crippen LogP contribution in [-0.2, 0) is 17.9 Å². The molecule has 0 spiro atoms. The zero-order valence-corrected chi connectivity index (χ0v) is 7.65. The van der Waals surface area contributed by atoms with Gasteiger partial charge in [-0.1, -0.05) is 0 Å². The summed E-state index contributed by atoms with van der Waals surface area (Å²) in [4.78, 5) is 14.6. The van der Waals surface area contributed by atoms with Crippen LogP contribution in [0.25, 0.3) is 0 Å². The number of aryl methyl sites for hydroxylation is 1. The molecule has 0 saturated carbocycles. The SMILES string of the molecule is CCn1cc(COC)nc1C(=O)O. The largest absolute Gasteiger partial charge is 0.475 e. The standard InChI is InChI=1S/C8H12N2O3/c1-3-10-4-6(5-13-2)9-7(10)8(11)12/h4H,3,5H2,1-2H3,(H,11,12). The molecule has 1 heterocycles. The van der Waals surface area contributed by atoms with Crippen molar-refractivity contribution in [3.63, 3.8) is 0 Å². The van der Waals surface area contributed by atoms with Crippen molar-refractivity contribution < 1.29 is 14.6 Å². The predicted molar refractivity (Wildman–Crippen MR) is 45.6 cm³/mol. The van der Waals surface area contributed by atoms with Gasteiger partial charge in [-0.2, -0.15) is 0 Å². The van der Waals surface area contributed by atoms with Crippen LogP contribution in [0.2, 0.25) is 0 Å². The average molecular weight is 184 g/mol. The van der Waals surface area contributed by atoms with Gasteiger partial charge in [0.1, 0.15) is 0 Å². The lowest BCUT2D eigenvalue weighted by molar-refractivity contribution is 0.0678. The molecule has 5 nitrogen and oxygen atoms in total. The minimum Gasteiger partial charge on any atom is -0.475 e. The lowest BCUT2D eigenvalue weighted by atomic mass is 10.5. The Morgan fingerprint density at radius 2 is 2.46 bits per heavy atom. The minimum atomic E-state index is -1.01. The summed E-state index contributed by atoms with van der Waals surface area (Å²) in [5.41, 5.74) is 0.641. The van der Waals surface area contributed by atoms with Crippen LogP contribution in [0.5, 0.6) is 0 Å².